The van der Waals surface area contributed by atoms with Crippen molar-refractivity contribution >= 4 is 0 Å². The van der Waals surface area contributed by atoms with Crippen LogP contribution in [0.15, 0.2) is 0 Å². The fraction of sp³-hybridized carbons (Fsp3) is 1.00. The van der Waals surface area contributed by atoms with E-state index in [1.807, 2.05) is 62.3 Å². The third-order valence-electron chi connectivity index (χ3n) is 8.27. The molecule has 4 rings (SSSR count). The van der Waals surface area contributed by atoms with Crippen molar-refractivity contribution in [3.63, 3.8) is 0 Å². The highest BCUT2D eigenvalue weighted by Gasteiger charge is 2.11. The van der Waals surface area contributed by atoms with Crippen LogP contribution in [0.5, 0.6) is 0 Å². The molecular weight excluding hydrogens is 589 g/mol. The third-order valence-corrected chi connectivity index (χ3v) is 8.27. The van der Waals surface area contributed by atoms with Crippen LogP contribution in [0, 0.1) is 40.4 Å². The summed E-state index contributed by atoms with van der Waals surface area (Å²) in [5, 5.41) is 0. The maximum Gasteiger partial charge on any atom is 0.0300 e. The molecule has 4 aliphatic carbocycles. The quantitative estimate of drug-likeness (QED) is 0.274. The van der Waals surface area contributed by atoms with Gasteiger partial charge in [0.1, 0.15) is 0 Å². The molecular formula is C49H108. The summed E-state index contributed by atoms with van der Waals surface area (Å²) in [4.78, 5) is 0. The van der Waals surface area contributed by atoms with Crippen LogP contribution in [0.3, 0.4) is 0 Å². The first-order valence-corrected chi connectivity index (χ1v) is 21.0. The predicted molar refractivity (Wildman–Crippen MR) is 236 cm³/mol. The summed E-state index contributed by atoms with van der Waals surface area (Å²) in [6.07, 6.45) is 18.9. The van der Waals surface area contributed by atoms with Crippen LogP contribution in [0.1, 0.15) is 297 Å². The Morgan fingerprint density at radius 1 is 0.551 bits per heavy atom. The van der Waals surface area contributed by atoms with E-state index in [0.717, 1.165) is 51.4 Å². The lowest BCUT2D eigenvalue weighted by atomic mass is 9.88. The van der Waals surface area contributed by atoms with Crippen LogP contribution in [0.2, 0.25) is 0 Å². The zero-order chi connectivity index (χ0) is 50.7. The van der Waals surface area contributed by atoms with Crippen molar-refractivity contribution < 1.29 is 17.8 Å². The second kappa shape index (κ2) is 42.4. The normalized spacial score (nSPS) is 24.8. The third kappa shape index (κ3) is 66.8. The molecule has 0 aromatic carbocycles. The Morgan fingerprint density at radius 3 is 0.878 bits per heavy atom. The van der Waals surface area contributed by atoms with E-state index in [0.29, 0.717) is 11.8 Å². The van der Waals surface area contributed by atoms with Crippen molar-refractivity contribution in [2.24, 2.45) is 40.4 Å². The van der Waals surface area contributed by atoms with Crippen LogP contribution in [0.25, 0.3) is 0 Å². The van der Waals surface area contributed by atoms with Gasteiger partial charge in [0.15, 0.2) is 0 Å². The fourth-order valence-corrected chi connectivity index (χ4v) is 4.74. The van der Waals surface area contributed by atoms with E-state index >= 15 is 0 Å². The second-order valence-electron chi connectivity index (χ2n) is 16.5. The summed E-state index contributed by atoms with van der Waals surface area (Å²) < 4.78 is 94.2. The molecule has 0 N–H and O–H groups in total. The summed E-state index contributed by atoms with van der Waals surface area (Å²) in [6.45, 7) is 31.7. The van der Waals surface area contributed by atoms with E-state index in [4.69, 9.17) is 17.8 Å². The Hall–Kier alpha value is 0. The summed E-state index contributed by atoms with van der Waals surface area (Å²) >= 11 is 0. The molecule has 4 fully saturated rings. The zero-order valence-corrected chi connectivity index (χ0v) is 37.7. The van der Waals surface area contributed by atoms with E-state index < -0.39 is 37.8 Å². The molecule has 0 spiro atoms. The molecule has 49 heavy (non-hydrogen) atoms. The van der Waals surface area contributed by atoms with Gasteiger partial charge in [-0.2, -0.15) is 0 Å². The van der Waals surface area contributed by atoms with Gasteiger partial charge in [0.05, 0.1) is 0 Å². The van der Waals surface area contributed by atoms with Gasteiger partial charge in [-0.15, -0.1) is 0 Å². The molecule has 0 radical (unpaired) electrons. The molecule has 4 aliphatic rings. The minimum atomic E-state index is -1.81. The average Bonchev–Trinajstić information content (AvgIpc) is 3.78. The van der Waals surface area contributed by atoms with Crippen LogP contribution in [0.4, 0.5) is 0 Å². The lowest BCUT2D eigenvalue weighted by Gasteiger charge is -2.18. The van der Waals surface area contributed by atoms with Crippen molar-refractivity contribution in [1.82, 2.24) is 0 Å². The van der Waals surface area contributed by atoms with Gasteiger partial charge in [0, 0.05) is 17.8 Å². The van der Waals surface area contributed by atoms with E-state index in [2.05, 4.69) is 13.8 Å². The molecule has 0 atom stereocenters. The van der Waals surface area contributed by atoms with E-state index in [1.54, 1.807) is 48.5 Å². The molecule has 0 amide bonds. The lowest BCUT2D eigenvalue weighted by molar-refractivity contribution is 0.349. The zero-order valence-electron chi connectivity index (χ0n) is 50.7. The topological polar surface area (TPSA) is 0 Å². The van der Waals surface area contributed by atoms with Crippen LogP contribution in [-0.2, 0) is 0 Å². The number of hydrogen-bond donors (Lipinski definition) is 0. The maximum absolute atomic E-state index is 7.63. The largest absolute Gasteiger partial charge is 0.0683 e. The van der Waals surface area contributed by atoms with Gasteiger partial charge >= 0.3 is 0 Å². The van der Waals surface area contributed by atoms with Crippen LogP contribution >= 0.6 is 0 Å². The van der Waals surface area contributed by atoms with Gasteiger partial charge in [-0.05, 0) is 40.4 Å². The summed E-state index contributed by atoms with van der Waals surface area (Å²) in [5.41, 5.74) is -0.792. The maximum atomic E-state index is 7.63. The highest BCUT2D eigenvalue weighted by molar-refractivity contribution is 4.65. The molecule has 0 aromatic heterocycles. The Balaban J connectivity index is -0.000000201. The van der Waals surface area contributed by atoms with Crippen molar-refractivity contribution in [1.29, 1.82) is 0 Å². The Kier molecular flexibility index (Phi) is 30.1. The van der Waals surface area contributed by atoms with Gasteiger partial charge in [-0.25, -0.2) is 0 Å². The first-order valence-electron chi connectivity index (χ1n) is 27.5. The molecule has 0 heterocycles. The molecule has 0 nitrogen and oxygen atoms in total. The van der Waals surface area contributed by atoms with Gasteiger partial charge in [-0.3, -0.25) is 0 Å². The molecule has 0 heteroatoms. The van der Waals surface area contributed by atoms with Gasteiger partial charge in [0.2, 0.25) is 0 Å². The standard InChI is InChI=1S/C8H16.2C7H14.C6H12.C6H14.2C5H12.C3H8.C2H6/c1-2-8-6-4-3-5-7-8;1-7-5-3-2-4-6-7;1-2-7-5-3-4-6-7;1-6-4-2-3-5-6;1-5-6(2,3)4;1-5(2,3)4;1-4-5(2)3;1-3-2;1-2/h8H,2-7H2,1H3;2*7H,2-6H2,1H3;6H,2-5H2,1H3;5H2,1-4H3;1-4H3;5H,4H2,1-3H3;3H2,1-2H3;1-2H3/i2D2;7D;2D2;6D;5D2;1D3;4D2;;. The minimum absolute atomic E-state index is 0.0556. The van der Waals surface area contributed by atoms with Crippen LogP contribution in [-0.4, -0.2) is 0 Å². The van der Waals surface area contributed by atoms with Gasteiger partial charge in [-0.1, -0.05) is 279 Å². The smallest absolute Gasteiger partial charge is 0.0300 e. The van der Waals surface area contributed by atoms with Crippen molar-refractivity contribution in [2.45, 2.75) is 279 Å². The first-order chi connectivity index (χ1) is 27.5. The fourth-order valence-electron chi connectivity index (χ4n) is 4.74. The monoisotopic (exact) mass is 710 g/mol. The highest BCUT2D eigenvalue weighted by Crippen LogP contribution is 2.27. The van der Waals surface area contributed by atoms with E-state index in [1.165, 1.54) is 70.6 Å². The molecule has 0 bridgehead atoms. The van der Waals surface area contributed by atoms with E-state index in [-0.39, 0.29) is 23.1 Å². The summed E-state index contributed by atoms with van der Waals surface area (Å²) in [7, 11) is 0. The van der Waals surface area contributed by atoms with Crippen LogP contribution < -0.4 is 0 Å². The molecule has 0 aliphatic heterocycles. The molecule has 4 saturated carbocycles. The summed E-state index contributed by atoms with van der Waals surface area (Å²) in [5.74, 6) is 0.685. The Bertz CT molecular complexity index is 933. The average molecular weight is 710 g/mol. The van der Waals surface area contributed by atoms with Gasteiger partial charge < -0.3 is 0 Å². The van der Waals surface area contributed by atoms with Crippen molar-refractivity contribution in [3.8, 4) is 0 Å². The predicted octanol–water partition coefficient (Wildman–Crippen LogP) is 19.3. The highest BCUT2D eigenvalue weighted by atomic mass is 14.2. The molecule has 0 unspecified atom stereocenters. The Morgan fingerprint density at radius 2 is 0.755 bits per heavy atom. The summed E-state index contributed by atoms with van der Waals surface area (Å²) in [6, 6.07) is 0. The molecule has 0 saturated heterocycles. The molecule has 0 aromatic rings. The second-order valence-corrected chi connectivity index (χ2v) is 16.5. The van der Waals surface area contributed by atoms with E-state index in [9.17, 15) is 0 Å². The minimum Gasteiger partial charge on any atom is -0.0683 e. The van der Waals surface area contributed by atoms with Gasteiger partial charge in [0.25, 0.3) is 0 Å². The number of rotatable bonds is 3. The number of hydrogen-bond acceptors (Lipinski definition) is 0. The van der Waals surface area contributed by atoms with Crippen molar-refractivity contribution in [2.75, 3.05) is 0 Å². The first kappa shape index (κ1) is 34.7. The lowest BCUT2D eigenvalue weighted by Crippen LogP contribution is -2.03. The van der Waals surface area contributed by atoms with Crippen molar-refractivity contribution in [3.05, 3.63) is 0 Å². The molecule has 304 valence electrons. The Labute approximate surface area is 337 Å². The SMILES string of the molecule is CC.CCC.[2H]C([2H])(C)C(C)(C)C.[2H]C([2H])(C)C(C)C.[2H]C([2H])(C)C1CCCC1.[2H]C([2H])(C)C1CCCCC1.[2H]C([2H])([2H])C(C)(C)C.[2H]C1(C)CCCC1.[2H]C1(C)CCCCC1.